The molecule has 1 fully saturated rings. The highest BCUT2D eigenvalue weighted by atomic mass is 35.5. The summed E-state index contributed by atoms with van der Waals surface area (Å²) in [5.74, 6) is -1.06. The van der Waals surface area contributed by atoms with Crippen molar-refractivity contribution in [1.82, 2.24) is 20.2 Å². The molecule has 0 saturated carbocycles. The smallest absolute Gasteiger partial charge is 0.271 e. The Morgan fingerprint density at radius 3 is 2.92 bits per heavy atom. The number of nitrogens with one attached hydrogen (secondary N) is 2. The monoisotopic (exact) mass is 371 g/mol. The van der Waals surface area contributed by atoms with Crippen LogP contribution in [0.5, 0.6) is 0 Å². The predicted molar refractivity (Wildman–Crippen MR) is 92.8 cm³/mol. The van der Waals surface area contributed by atoms with Gasteiger partial charge >= 0.3 is 0 Å². The number of fused-ring (bicyclic) bond motifs is 2. The number of hydrogen-bond donors (Lipinski definition) is 2. The summed E-state index contributed by atoms with van der Waals surface area (Å²) in [6, 6.07) is 3.43. The van der Waals surface area contributed by atoms with Crippen LogP contribution < -0.4 is 10.6 Å². The van der Waals surface area contributed by atoms with Crippen molar-refractivity contribution in [3.63, 3.8) is 0 Å². The molecule has 1 saturated heterocycles. The van der Waals surface area contributed by atoms with Crippen LogP contribution in [0.1, 0.15) is 27.3 Å². The van der Waals surface area contributed by atoms with Crippen molar-refractivity contribution in [1.29, 1.82) is 0 Å². The van der Waals surface area contributed by atoms with E-state index in [-0.39, 0.29) is 17.5 Å². The molecule has 1 aromatic carbocycles. The van der Waals surface area contributed by atoms with Gasteiger partial charge in [0.1, 0.15) is 11.7 Å². The minimum absolute atomic E-state index is 0.154. The van der Waals surface area contributed by atoms with E-state index in [1.165, 1.54) is 23.5 Å². The number of carbonyl (C=O) groups excluding carboxylic acids is 3. The Morgan fingerprint density at radius 1 is 1.31 bits per heavy atom. The number of aromatic nitrogens is 2. The highest BCUT2D eigenvalue weighted by Crippen LogP contribution is 2.30. The summed E-state index contributed by atoms with van der Waals surface area (Å²) in [5.41, 5.74) is 0.911. The first-order chi connectivity index (χ1) is 12.5. The summed E-state index contributed by atoms with van der Waals surface area (Å²) in [5, 5.41) is 5.95. The summed E-state index contributed by atoms with van der Waals surface area (Å²) >= 11 is 5.97. The van der Waals surface area contributed by atoms with E-state index in [0.717, 1.165) is 0 Å². The molecule has 0 radical (unpaired) electrons. The molecule has 3 amide bonds. The summed E-state index contributed by atoms with van der Waals surface area (Å²) in [4.78, 5) is 47.2. The molecule has 26 heavy (non-hydrogen) atoms. The lowest BCUT2D eigenvalue weighted by atomic mass is 10.1. The van der Waals surface area contributed by atoms with E-state index < -0.39 is 18.0 Å². The van der Waals surface area contributed by atoms with Crippen LogP contribution in [0.25, 0.3) is 0 Å². The van der Waals surface area contributed by atoms with Crippen molar-refractivity contribution >= 4 is 35.0 Å². The van der Waals surface area contributed by atoms with E-state index in [2.05, 4.69) is 20.6 Å². The molecule has 3 heterocycles. The van der Waals surface area contributed by atoms with Crippen LogP contribution in [0.4, 0.5) is 5.69 Å². The minimum atomic E-state index is -0.797. The van der Waals surface area contributed by atoms with Crippen LogP contribution in [-0.4, -0.2) is 51.2 Å². The van der Waals surface area contributed by atoms with Gasteiger partial charge in [0.05, 0.1) is 23.5 Å². The number of hydrogen-bond acceptors (Lipinski definition) is 5. The van der Waals surface area contributed by atoms with Crippen molar-refractivity contribution in [3.05, 3.63) is 53.1 Å². The second-order valence-electron chi connectivity index (χ2n) is 6.08. The van der Waals surface area contributed by atoms with Crippen molar-refractivity contribution in [2.75, 3.05) is 11.9 Å². The van der Waals surface area contributed by atoms with Crippen LogP contribution in [0.15, 0.2) is 36.8 Å². The number of amides is 3. The number of halogens is 1. The molecule has 2 aliphatic rings. The van der Waals surface area contributed by atoms with Gasteiger partial charge in [-0.1, -0.05) is 11.6 Å². The average Bonchev–Trinajstić information content (AvgIpc) is 3.01. The lowest BCUT2D eigenvalue weighted by Gasteiger charge is -2.24. The molecule has 0 spiro atoms. The largest absolute Gasteiger partial charge is 0.345 e. The van der Waals surface area contributed by atoms with Crippen LogP contribution in [0.2, 0.25) is 5.02 Å². The van der Waals surface area contributed by atoms with Gasteiger partial charge < -0.3 is 15.5 Å². The number of anilines is 1. The highest BCUT2D eigenvalue weighted by molar-refractivity contribution is 6.31. The fourth-order valence-corrected chi connectivity index (χ4v) is 3.49. The first-order valence-corrected chi connectivity index (χ1v) is 8.40. The number of nitrogens with zero attached hydrogens (tertiary/aromatic N) is 3. The predicted octanol–water partition coefficient (Wildman–Crippen LogP) is 1.10. The van der Waals surface area contributed by atoms with Crippen LogP contribution in [0.3, 0.4) is 0 Å². The fraction of sp³-hybridized carbons (Fsp3) is 0.235. The number of carbonyl (C=O) groups is 3. The van der Waals surface area contributed by atoms with E-state index in [1.54, 1.807) is 18.2 Å². The molecular weight excluding hydrogens is 358 g/mol. The van der Waals surface area contributed by atoms with E-state index in [9.17, 15) is 14.4 Å². The van der Waals surface area contributed by atoms with Crippen LogP contribution in [-0.2, 0) is 4.79 Å². The second-order valence-corrected chi connectivity index (χ2v) is 6.52. The summed E-state index contributed by atoms with van der Waals surface area (Å²) in [6.07, 6.45) is 4.70. The van der Waals surface area contributed by atoms with Crippen LogP contribution in [0, 0.1) is 0 Å². The third-order valence-corrected chi connectivity index (χ3v) is 4.74. The maximum Gasteiger partial charge on any atom is 0.271 e. The van der Waals surface area contributed by atoms with Gasteiger partial charge in [-0.05, 0) is 24.6 Å². The normalized spacial score (nSPS) is 21.5. The van der Waals surface area contributed by atoms with E-state index in [0.29, 0.717) is 29.2 Å². The Balaban J connectivity index is 1.60. The summed E-state index contributed by atoms with van der Waals surface area (Å²) in [7, 11) is 0. The minimum Gasteiger partial charge on any atom is -0.345 e. The van der Waals surface area contributed by atoms with Gasteiger partial charge in [-0.25, -0.2) is 4.98 Å². The molecule has 2 N–H and O–H groups in total. The molecule has 9 heteroatoms. The second kappa shape index (κ2) is 6.38. The topological polar surface area (TPSA) is 104 Å². The quantitative estimate of drug-likeness (QED) is 0.822. The molecular formula is C17H14ClN5O3. The van der Waals surface area contributed by atoms with Gasteiger partial charge in [-0.15, -0.1) is 0 Å². The summed E-state index contributed by atoms with van der Waals surface area (Å²) in [6.45, 7) is 0.365. The Kier molecular flexibility index (Phi) is 4.04. The van der Waals surface area contributed by atoms with Gasteiger partial charge in [-0.3, -0.25) is 19.4 Å². The molecule has 4 rings (SSSR count). The fourth-order valence-electron chi connectivity index (χ4n) is 3.32. The van der Waals surface area contributed by atoms with E-state index in [1.807, 2.05) is 0 Å². The highest BCUT2D eigenvalue weighted by Gasteiger charge is 2.45. The zero-order chi connectivity index (χ0) is 18.3. The lowest BCUT2D eigenvalue weighted by Crippen LogP contribution is -2.51. The van der Waals surface area contributed by atoms with E-state index >= 15 is 0 Å². The number of benzene rings is 1. The molecule has 2 atom stereocenters. The molecule has 132 valence electrons. The van der Waals surface area contributed by atoms with Gasteiger partial charge in [0.15, 0.2) is 0 Å². The maximum absolute atomic E-state index is 12.8. The number of rotatable bonds is 2. The SMILES string of the molecule is O=C(N[C@H]1CCN2C(=O)c3ccc(Cl)cc3NC(=O)[C@H]12)c1cnccn1. The zero-order valence-electron chi connectivity index (χ0n) is 13.5. The molecule has 0 bridgehead atoms. The first-order valence-electron chi connectivity index (χ1n) is 8.03. The van der Waals surface area contributed by atoms with Crippen LogP contribution >= 0.6 is 11.6 Å². The Labute approximate surface area is 153 Å². The van der Waals surface area contributed by atoms with Gasteiger partial charge in [-0.2, -0.15) is 0 Å². The molecule has 2 aromatic rings. The lowest BCUT2D eigenvalue weighted by molar-refractivity contribution is -0.120. The third kappa shape index (κ3) is 2.78. The Bertz CT molecular complexity index is 905. The van der Waals surface area contributed by atoms with Crippen molar-refractivity contribution in [3.8, 4) is 0 Å². The summed E-state index contributed by atoms with van der Waals surface area (Å²) < 4.78 is 0. The third-order valence-electron chi connectivity index (χ3n) is 4.51. The van der Waals surface area contributed by atoms with E-state index in [4.69, 9.17) is 11.6 Å². The van der Waals surface area contributed by atoms with Gasteiger partial charge in [0, 0.05) is 24.0 Å². The van der Waals surface area contributed by atoms with Crippen molar-refractivity contribution in [2.45, 2.75) is 18.5 Å². The Hall–Kier alpha value is -3.00. The Morgan fingerprint density at radius 2 is 2.15 bits per heavy atom. The maximum atomic E-state index is 12.8. The van der Waals surface area contributed by atoms with Gasteiger partial charge in [0.25, 0.3) is 11.8 Å². The zero-order valence-corrected chi connectivity index (χ0v) is 14.2. The molecule has 0 aliphatic carbocycles. The molecule has 0 unspecified atom stereocenters. The first kappa shape index (κ1) is 16.5. The molecule has 2 aliphatic heterocycles. The average molecular weight is 372 g/mol. The van der Waals surface area contributed by atoms with Crippen molar-refractivity contribution in [2.24, 2.45) is 0 Å². The van der Waals surface area contributed by atoms with Crippen molar-refractivity contribution < 1.29 is 14.4 Å². The standard InChI is InChI=1S/C17H14ClN5O3/c18-9-1-2-10-12(7-9)22-16(25)14-11(3-6-23(14)17(10)26)21-15(24)13-8-19-4-5-20-13/h1-2,4-5,7-8,11,14H,3,6H2,(H,21,24)(H,22,25)/t11-,14-/m0/s1. The molecule has 8 nitrogen and oxygen atoms in total. The molecule has 1 aromatic heterocycles. The van der Waals surface area contributed by atoms with Gasteiger partial charge in [0.2, 0.25) is 5.91 Å².